The maximum Gasteiger partial charge on any atom is 0.118 e. The molecule has 1 aromatic carbocycles. The molecule has 1 rings (SSSR count). The number of benzene rings is 1. The number of phenolic OH excluding ortho intramolecular Hbond substituents is 1. The zero-order chi connectivity index (χ0) is 10.4. The van der Waals surface area contributed by atoms with Crippen molar-refractivity contribution in [3.05, 3.63) is 29.3 Å². The first kappa shape index (κ1) is 11.1. The smallest absolute Gasteiger partial charge is 0.118 e. The maximum atomic E-state index is 9.49. The molecule has 78 valence electrons. The summed E-state index contributed by atoms with van der Waals surface area (Å²) in [5.74, 6) is 0.409. The summed E-state index contributed by atoms with van der Waals surface area (Å²) in [7, 11) is 0. The van der Waals surface area contributed by atoms with Gasteiger partial charge in [-0.3, -0.25) is 0 Å². The molecule has 1 aromatic rings. The summed E-state index contributed by atoms with van der Waals surface area (Å²) in [5.41, 5.74) is 2.27. The van der Waals surface area contributed by atoms with Gasteiger partial charge < -0.3 is 10.4 Å². The summed E-state index contributed by atoms with van der Waals surface area (Å²) in [6.45, 7) is 6.14. The summed E-state index contributed by atoms with van der Waals surface area (Å²) in [6.07, 6.45) is 2.03. The quantitative estimate of drug-likeness (QED) is 0.704. The van der Waals surface area contributed by atoms with Crippen LogP contribution in [0.25, 0.3) is 0 Å². The van der Waals surface area contributed by atoms with Gasteiger partial charge in [0.05, 0.1) is 0 Å². The summed E-state index contributed by atoms with van der Waals surface area (Å²) in [6, 6.07) is 5.82. The standard InChI is InChI=1S/C12H19NO/c1-3-7-13-9-10-5-6-12(14)11(4-2)8-10/h5-6,8,13-14H,3-4,7,9H2,1-2H3. The Kier molecular flexibility index (Phi) is 4.47. The predicted molar refractivity (Wildman–Crippen MR) is 59.5 cm³/mol. The molecule has 0 aliphatic rings. The Labute approximate surface area is 86.0 Å². The molecular formula is C12H19NO. The van der Waals surface area contributed by atoms with Crippen molar-refractivity contribution in [2.45, 2.75) is 33.2 Å². The van der Waals surface area contributed by atoms with Crippen LogP contribution < -0.4 is 5.32 Å². The molecule has 0 amide bonds. The van der Waals surface area contributed by atoms with E-state index in [1.807, 2.05) is 6.07 Å². The van der Waals surface area contributed by atoms with Crippen LogP contribution in [0.4, 0.5) is 0 Å². The second-order valence-corrected chi connectivity index (χ2v) is 3.49. The third-order valence-electron chi connectivity index (χ3n) is 2.28. The van der Waals surface area contributed by atoms with Crippen molar-refractivity contribution in [1.29, 1.82) is 0 Å². The third-order valence-corrected chi connectivity index (χ3v) is 2.28. The summed E-state index contributed by atoms with van der Waals surface area (Å²) in [5, 5.41) is 12.8. The van der Waals surface area contributed by atoms with E-state index in [9.17, 15) is 5.11 Å². The van der Waals surface area contributed by atoms with Gasteiger partial charge in [0, 0.05) is 6.54 Å². The number of aromatic hydroxyl groups is 1. The van der Waals surface area contributed by atoms with E-state index in [-0.39, 0.29) is 0 Å². The first-order valence-corrected chi connectivity index (χ1v) is 5.29. The molecule has 0 fully saturated rings. The highest BCUT2D eigenvalue weighted by atomic mass is 16.3. The third kappa shape index (κ3) is 3.04. The molecule has 2 nitrogen and oxygen atoms in total. The van der Waals surface area contributed by atoms with Crippen molar-refractivity contribution < 1.29 is 5.11 Å². The highest BCUT2D eigenvalue weighted by molar-refractivity contribution is 5.36. The van der Waals surface area contributed by atoms with Crippen LogP contribution in [-0.2, 0) is 13.0 Å². The van der Waals surface area contributed by atoms with Gasteiger partial charge in [0.2, 0.25) is 0 Å². The Balaban J connectivity index is 2.60. The van der Waals surface area contributed by atoms with Crippen LogP contribution in [0.15, 0.2) is 18.2 Å². The number of nitrogens with one attached hydrogen (secondary N) is 1. The minimum absolute atomic E-state index is 0.409. The molecule has 0 saturated heterocycles. The largest absolute Gasteiger partial charge is 0.508 e. The van der Waals surface area contributed by atoms with E-state index in [0.717, 1.165) is 31.5 Å². The first-order valence-electron chi connectivity index (χ1n) is 5.29. The molecule has 0 saturated carbocycles. The predicted octanol–water partition coefficient (Wildman–Crippen LogP) is 2.45. The van der Waals surface area contributed by atoms with E-state index in [1.54, 1.807) is 6.07 Å². The zero-order valence-electron chi connectivity index (χ0n) is 9.01. The van der Waals surface area contributed by atoms with E-state index in [2.05, 4.69) is 25.2 Å². The lowest BCUT2D eigenvalue weighted by atomic mass is 10.1. The molecule has 0 aliphatic carbocycles. The fraction of sp³-hybridized carbons (Fsp3) is 0.500. The minimum Gasteiger partial charge on any atom is -0.508 e. The second-order valence-electron chi connectivity index (χ2n) is 3.49. The molecule has 0 aromatic heterocycles. The van der Waals surface area contributed by atoms with Gasteiger partial charge in [-0.2, -0.15) is 0 Å². The molecule has 0 bridgehead atoms. The van der Waals surface area contributed by atoms with Crippen LogP contribution >= 0.6 is 0 Å². The van der Waals surface area contributed by atoms with Crippen LogP contribution in [0.5, 0.6) is 5.75 Å². The lowest BCUT2D eigenvalue weighted by Crippen LogP contribution is -2.13. The number of rotatable bonds is 5. The van der Waals surface area contributed by atoms with Gasteiger partial charge in [0.1, 0.15) is 5.75 Å². The first-order chi connectivity index (χ1) is 6.77. The molecule has 2 heteroatoms. The molecule has 0 aliphatic heterocycles. The summed E-state index contributed by atoms with van der Waals surface area (Å²) >= 11 is 0. The Bertz CT molecular complexity index is 284. The second kappa shape index (κ2) is 5.66. The topological polar surface area (TPSA) is 32.3 Å². The molecular weight excluding hydrogens is 174 g/mol. The summed E-state index contributed by atoms with van der Waals surface area (Å²) in [4.78, 5) is 0. The Morgan fingerprint density at radius 2 is 2.07 bits per heavy atom. The molecule has 0 heterocycles. The van der Waals surface area contributed by atoms with Gasteiger partial charge in [0.15, 0.2) is 0 Å². The SMILES string of the molecule is CCCNCc1ccc(O)c(CC)c1. The maximum absolute atomic E-state index is 9.49. The minimum atomic E-state index is 0.409. The van der Waals surface area contributed by atoms with Crippen LogP contribution in [0, 0.1) is 0 Å². The van der Waals surface area contributed by atoms with E-state index in [0.29, 0.717) is 5.75 Å². The van der Waals surface area contributed by atoms with Crippen molar-refractivity contribution >= 4 is 0 Å². The number of hydrogen-bond donors (Lipinski definition) is 2. The van der Waals surface area contributed by atoms with Gasteiger partial charge in [0.25, 0.3) is 0 Å². The van der Waals surface area contributed by atoms with E-state index in [1.165, 1.54) is 5.56 Å². The Morgan fingerprint density at radius 3 is 2.71 bits per heavy atom. The van der Waals surface area contributed by atoms with Gasteiger partial charge in [-0.25, -0.2) is 0 Å². The van der Waals surface area contributed by atoms with Crippen LogP contribution in [0.3, 0.4) is 0 Å². The average Bonchev–Trinajstić information content (AvgIpc) is 2.21. The molecule has 0 atom stereocenters. The van der Waals surface area contributed by atoms with Crippen LogP contribution in [-0.4, -0.2) is 11.7 Å². The van der Waals surface area contributed by atoms with Gasteiger partial charge in [-0.15, -0.1) is 0 Å². The van der Waals surface area contributed by atoms with Crippen LogP contribution in [0.2, 0.25) is 0 Å². The average molecular weight is 193 g/mol. The number of hydrogen-bond acceptors (Lipinski definition) is 2. The van der Waals surface area contributed by atoms with Crippen molar-refractivity contribution in [1.82, 2.24) is 5.32 Å². The van der Waals surface area contributed by atoms with E-state index >= 15 is 0 Å². The Hall–Kier alpha value is -1.02. The molecule has 0 spiro atoms. The Morgan fingerprint density at radius 1 is 1.29 bits per heavy atom. The van der Waals surface area contributed by atoms with E-state index < -0.39 is 0 Å². The molecule has 2 N–H and O–H groups in total. The van der Waals surface area contributed by atoms with Gasteiger partial charge in [-0.1, -0.05) is 26.0 Å². The van der Waals surface area contributed by atoms with Gasteiger partial charge >= 0.3 is 0 Å². The number of aryl methyl sites for hydroxylation is 1. The van der Waals surface area contributed by atoms with Crippen molar-refractivity contribution in [3.8, 4) is 5.75 Å². The fourth-order valence-corrected chi connectivity index (χ4v) is 1.44. The molecule has 0 unspecified atom stereocenters. The lowest BCUT2D eigenvalue weighted by Gasteiger charge is -2.06. The fourth-order valence-electron chi connectivity index (χ4n) is 1.44. The van der Waals surface area contributed by atoms with Crippen molar-refractivity contribution in [2.75, 3.05) is 6.54 Å². The zero-order valence-corrected chi connectivity index (χ0v) is 9.01. The normalized spacial score (nSPS) is 10.4. The lowest BCUT2D eigenvalue weighted by molar-refractivity contribution is 0.468. The van der Waals surface area contributed by atoms with Crippen molar-refractivity contribution in [3.63, 3.8) is 0 Å². The monoisotopic (exact) mass is 193 g/mol. The summed E-state index contributed by atoms with van der Waals surface area (Å²) < 4.78 is 0. The number of phenols is 1. The highest BCUT2D eigenvalue weighted by Gasteiger charge is 1.99. The molecule has 14 heavy (non-hydrogen) atoms. The highest BCUT2D eigenvalue weighted by Crippen LogP contribution is 2.18. The van der Waals surface area contributed by atoms with E-state index in [4.69, 9.17) is 0 Å². The van der Waals surface area contributed by atoms with Gasteiger partial charge in [-0.05, 0) is 36.6 Å². The molecule has 0 radical (unpaired) electrons. The van der Waals surface area contributed by atoms with Crippen molar-refractivity contribution in [2.24, 2.45) is 0 Å². The van der Waals surface area contributed by atoms with Crippen LogP contribution in [0.1, 0.15) is 31.4 Å².